The number of hydrogen-bond acceptors (Lipinski definition) is 5. The van der Waals surface area contributed by atoms with Gasteiger partial charge in [0.05, 0.1) is 15.9 Å². The fourth-order valence-electron chi connectivity index (χ4n) is 4.36. The van der Waals surface area contributed by atoms with Gasteiger partial charge in [0.25, 0.3) is 0 Å². The number of piperazine rings is 1. The van der Waals surface area contributed by atoms with Gasteiger partial charge in [-0.25, -0.2) is 9.50 Å². The first-order valence-corrected chi connectivity index (χ1v) is 11.2. The highest BCUT2D eigenvalue weighted by atomic mass is 32.1. The van der Waals surface area contributed by atoms with Gasteiger partial charge in [-0.15, -0.1) is 11.3 Å². The summed E-state index contributed by atoms with van der Waals surface area (Å²) < 4.78 is 3.28. The van der Waals surface area contributed by atoms with Crippen LogP contribution in [0.1, 0.15) is 35.8 Å². The van der Waals surface area contributed by atoms with Crippen molar-refractivity contribution in [2.75, 3.05) is 33.2 Å². The SMILES string of the molecule is Cc1cc(-c2[nH]c3cc(CN4CCN(C)CC4)sc3c2C(C)C)cn2ncnc12. The maximum atomic E-state index is 4.35. The minimum atomic E-state index is 0.445. The minimum Gasteiger partial charge on any atom is -0.354 e. The van der Waals surface area contributed by atoms with E-state index >= 15 is 0 Å². The van der Waals surface area contributed by atoms with Gasteiger partial charge in [0.15, 0.2) is 5.65 Å². The Morgan fingerprint density at radius 2 is 1.97 bits per heavy atom. The molecule has 1 N–H and O–H groups in total. The topological polar surface area (TPSA) is 52.5 Å². The number of aryl methyl sites for hydroxylation is 1. The number of nitrogens with one attached hydrogen (secondary N) is 1. The van der Waals surface area contributed by atoms with E-state index in [0.717, 1.165) is 43.9 Å². The second-order valence-corrected chi connectivity index (χ2v) is 9.68. The summed E-state index contributed by atoms with van der Waals surface area (Å²) in [5, 5.41) is 4.35. The summed E-state index contributed by atoms with van der Waals surface area (Å²) in [4.78, 5) is 14.5. The van der Waals surface area contributed by atoms with E-state index in [1.807, 2.05) is 15.9 Å². The first kappa shape index (κ1) is 18.8. The van der Waals surface area contributed by atoms with Crippen LogP contribution in [0, 0.1) is 6.92 Å². The number of rotatable bonds is 4. The fraction of sp³-hybridized carbons (Fsp3) is 0.455. The van der Waals surface area contributed by atoms with Crippen molar-refractivity contribution in [3.8, 4) is 11.3 Å². The number of thiophene rings is 1. The largest absolute Gasteiger partial charge is 0.354 e. The van der Waals surface area contributed by atoms with Crippen LogP contribution >= 0.6 is 11.3 Å². The third-order valence-corrected chi connectivity index (χ3v) is 7.11. The van der Waals surface area contributed by atoms with E-state index in [1.165, 1.54) is 31.9 Å². The third kappa shape index (κ3) is 3.37. The maximum Gasteiger partial charge on any atom is 0.158 e. The Kier molecular flexibility index (Phi) is 4.69. The van der Waals surface area contributed by atoms with Crippen LogP contribution in [0.5, 0.6) is 0 Å². The van der Waals surface area contributed by atoms with Crippen molar-refractivity contribution in [2.24, 2.45) is 0 Å². The minimum absolute atomic E-state index is 0.445. The van der Waals surface area contributed by atoms with Crippen LogP contribution < -0.4 is 0 Å². The average Bonchev–Trinajstić information content (AvgIpc) is 3.37. The Hall–Kier alpha value is -2.22. The van der Waals surface area contributed by atoms with Gasteiger partial charge in [0.1, 0.15) is 6.33 Å². The molecule has 0 unspecified atom stereocenters. The monoisotopic (exact) mass is 408 g/mol. The number of H-pyrrole nitrogens is 1. The number of likely N-dealkylation sites (N-methyl/N-ethyl adjacent to an activating group) is 1. The van der Waals surface area contributed by atoms with Gasteiger partial charge in [0.2, 0.25) is 0 Å². The molecule has 29 heavy (non-hydrogen) atoms. The molecule has 4 aromatic heterocycles. The summed E-state index contributed by atoms with van der Waals surface area (Å²) in [5.41, 5.74) is 7.12. The number of pyridine rings is 1. The predicted molar refractivity (Wildman–Crippen MR) is 120 cm³/mol. The van der Waals surface area contributed by atoms with E-state index in [0.29, 0.717) is 5.92 Å². The van der Waals surface area contributed by atoms with E-state index in [-0.39, 0.29) is 0 Å². The van der Waals surface area contributed by atoms with Gasteiger partial charge in [-0.1, -0.05) is 13.8 Å². The van der Waals surface area contributed by atoms with Crippen molar-refractivity contribution < 1.29 is 0 Å². The molecule has 1 saturated heterocycles. The molecule has 1 aliphatic rings. The molecular formula is C22H28N6S. The molecule has 5 rings (SSSR count). The number of aromatic nitrogens is 4. The highest BCUT2D eigenvalue weighted by Gasteiger charge is 2.21. The van der Waals surface area contributed by atoms with Crippen LogP contribution in [-0.2, 0) is 6.54 Å². The van der Waals surface area contributed by atoms with Gasteiger partial charge in [-0.3, -0.25) is 4.90 Å². The molecule has 1 fully saturated rings. The van der Waals surface area contributed by atoms with Gasteiger partial charge in [0, 0.05) is 49.4 Å². The second kappa shape index (κ2) is 7.23. The lowest BCUT2D eigenvalue weighted by atomic mass is 9.99. The first-order valence-electron chi connectivity index (χ1n) is 10.3. The summed E-state index contributed by atoms with van der Waals surface area (Å²) in [7, 11) is 2.21. The molecule has 5 heterocycles. The standard InChI is InChI=1S/C22H28N6S/c1-14(2)19-20(16-9-15(3)22-23-13-24-28(22)11-16)25-18-10-17(29-21(18)19)12-27-7-5-26(4)6-8-27/h9-11,13-14,25H,5-8,12H2,1-4H3. The van der Waals surface area contributed by atoms with Crippen LogP contribution in [0.25, 0.3) is 27.1 Å². The molecule has 0 saturated carbocycles. The Bertz CT molecular complexity index is 1160. The van der Waals surface area contributed by atoms with Crippen molar-refractivity contribution in [1.82, 2.24) is 29.4 Å². The van der Waals surface area contributed by atoms with E-state index in [4.69, 9.17) is 0 Å². The Morgan fingerprint density at radius 3 is 2.72 bits per heavy atom. The van der Waals surface area contributed by atoms with Gasteiger partial charge in [-0.2, -0.15) is 5.10 Å². The van der Waals surface area contributed by atoms with Gasteiger partial charge >= 0.3 is 0 Å². The van der Waals surface area contributed by atoms with Crippen molar-refractivity contribution in [1.29, 1.82) is 0 Å². The molecule has 6 nitrogen and oxygen atoms in total. The summed E-state index contributed by atoms with van der Waals surface area (Å²) >= 11 is 1.95. The molecule has 4 aromatic rings. The van der Waals surface area contributed by atoms with E-state index in [9.17, 15) is 0 Å². The molecule has 0 spiro atoms. The van der Waals surface area contributed by atoms with Crippen molar-refractivity contribution in [3.05, 3.63) is 40.7 Å². The first-order chi connectivity index (χ1) is 14.0. The van der Waals surface area contributed by atoms with Gasteiger partial charge < -0.3 is 9.88 Å². The molecule has 7 heteroatoms. The quantitative estimate of drug-likeness (QED) is 0.552. The molecule has 0 amide bonds. The lowest BCUT2D eigenvalue weighted by molar-refractivity contribution is 0.149. The molecule has 1 aliphatic heterocycles. The van der Waals surface area contributed by atoms with Crippen LogP contribution in [0.3, 0.4) is 0 Å². The van der Waals surface area contributed by atoms with Crippen molar-refractivity contribution in [2.45, 2.75) is 33.2 Å². The normalized spacial score (nSPS) is 16.6. The molecule has 0 atom stereocenters. The highest BCUT2D eigenvalue weighted by molar-refractivity contribution is 7.19. The van der Waals surface area contributed by atoms with Gasteiger partial charge in [-0.05, 0) is 43.1 Å². The molecule has 0 aliphatic carbocycles. The summed E-state index contributed by atoms with van der Waals surface area (Å²) in [6.07, 6.45) is 3.70. The number of aromatic amines is 1. The Balaban J connectivity index is 1.52. The lowest BCUT2D eigenvalue weighted by Crippen LogP contribution is -2.43. The lowest BCUT2D eigenvalue weighted by Gasteiger charge is -2.31. The van der Waals surface area contributed by atoms with Crippen LogP contribution in [-0.4, -0.2) is 62.6 Å². The smallest absolute Gasteiger partial charge is 0.158 e. The highest BCUT2D eigenvalue weighted by Crippen LogP contribution is 2.40. The zero-order valence-corrected chi connectivity index (χ0v) is 18.4. The van der Waals surface area contributed by atoms with E-state index in [1.54, 1.807) is 6.33 Å². The van der Waals surface area contributed by atoms with E-state index < -0.39 is 0 Å². The summed E-state index contributed by atoms with van der Waals surface area (Å²) in [5.74, 6) is 0.445. The molecule has 152 valence electrons. The van der Waals surface area contributed by atoms with E-state index in [2.05, 4.69) is 71.0 Å². The predicted octanol–water partition coefficient (Wildman–Crippen LogP) is 4.12. The van der Waals surface area contributed by atoms with Crippen LogP contribution in [0.2, 0.25) is 0 Å². The fourth-order valence-corrected chi connectivity index (χ4v) is 5.72. The number of hydrogen-bond donors (Lipinski definition) is 1. The molecular weight excluding hydrogens is 380 g/mol. The van der Waals surface area contributed by atoms with Crippen LogP contribution in [0.4, 0.5) is 0 Å². The Labute approximate surface area is 175 Å². The zero-order chi connectivity index (χ0) is 20.1. The molecule has 0 radical (unpaired) electrons. The molecule has 0 bridgehead atoms. The van der Waals surface area contributed by atoms with Crippen molar-refractivity contribution >= 4 is 27.2 Å². The zero-order valence-electron chi connectivity index (χ0n) is 17.6. The summed E-state index contributed by atoms with van der Waals surface area (Å²) in [6, 6.07) is 4.57. The average molecular weight is 409 g/mol. The maximum absolute atomic E-state index is 4.35. The second-order valence-electron chi connectivity index (χ2n) is 8.54. The summed E-state index contributed by atoms with van der Waals surface area (Å²) in [6.45, 7) is 12.4. The Morgan fingerprint density at radius 1 is 1.17 bits per heavy atom. The van der Waals surface area contributed by atoms with Crippen molar-refractivity contribution in [3.63, 3.8) is 0 Å². The number of fused-ring (bicyclic) bond motifs is 2. The third-order valence-electron chi connectivity index (χ3n) is 5.96. The number of nitrogens with zero attached hydrogens (tertiary/aromatic N) is 5. The molecule has 0 aromatic carbocycles. The van der Waals surface area contributed by atoms with Crippen LogP contribution in [0.15, 0.2) is 24.7 Å².